The van der Waals surface area contributed by atoms with Gasteiger partial charge in [-0.1, -0.05) is 53.0 Å². The van der Waals surface area contributed by atoms with E-state index in [0.717, 1.165) is 5.56 Å². The molecule has 0 amide bonds. The maximum absolute atomic E-state index is 13.4. The van der Waals surface area contributed by atoms with E-state index in [0.29, 0.717) is 28.5 Å². The first-order chi connectivity index (χ1) is 9.47. The van der Waals surface area contributed by atoms with E-state index in [9.17, 15) is 4.39 Å². The number of hydrogen-bond acceptors (Lipinski definition) is 1. The zero-order valence-electron chi connectivity index (χ0n) is 10.5. The van der Waals surface area contributed by atoms with Crippen molar-refractivity contribution in [3.8, 4) is 0 Å². The van der Waals surface area contributed by atoms with Gasteiger partial charge in [0.05, 0.1) is 5.02 Å². The summed E-state index contributed by atoms with van der Waals surface area (Å²) in [5.41, 5.74) is 7.70. The Balaban J connectivity index is 2.09. The Morgan fingerprint density at radius 1 is 1.00 bits per heavy atom. The molecule has 2 N–H and O–H groups in total. The summed E-state index contributed by atoms with van der Waals surface area (Å²) < 4.78 is 13.4. The highest BCUT2D eigenvalue weighted by Crippen LogP contribution is 2.24. The fraction of sp³-hybridized carbons (Fsp3) is 0.200. The van der Waals surface area contributed by atoms with Gasteiger partial charge in [0.1, 0.15) is 5.82 Å². The second-order valence-corrected chi connectivity index (χ2v) is 5.84. The van der Waals surface area contributed by atoms with Crippen molar-refractivity contribution in [3.05, 3.63) is 68.4 Å². The minimum atomic E-state index is -0.430. The molecule has 106 valence electrons. The minimum absolute atomic E-state index is 0.130. The molecule has 0 spiro atoms. The lowest BCUT2D eigenvalue weighted by atomic mass is 9.99. The van der Waals surface area contributed by atoms with E-state index < -0.39 is 5.82 Å². The lowest BCUT2D eigenvalue weighted by Crippen LogP contribution is -2.25. The third-order valence-corrected chi connectivity index (χ3v) is 4.02. The van der Waals surface area contributed by atoms with Gasteiger partial charge in [0.2, 0.25) is 0 Å². The Morgan fingerprint density at radius 2 is 1.70 bits per heavy atom. The standard InChI is InChI=1S/C15H13Cl3FN/c16-11-5-4-9(13(17)8-11)6-12(20)7-10-2-1-3-14(19)15(10)18/h1-5,8,12H,6-7,20H2. The Kier molecular flexibility index (Phi) is 5.28. The van der Waals surface area contributed by atoms with E-state index in [1.807, 2.05) is 6.07 Å². The molecule has 2 aromatic rings. The van der Waals surface area contributed by atoms with Gasteiger partial charge >= 0.3 is 0 Å². The minimum Gasteiger partial charge on any atom is -0.327 e. The van der Waals surface area contributed by atoms with Crippen LogP contribution >= 0.6 is 34.8 Å². The zero-order chi connectivity index (χ0) is 14.7. The maximum Gasteiger partial charge on any atom is 0.142 e. The van der Waals surface area contributed by atoms with Gasteiger partial charge in [-0.25, -0.2) is 4.39 Å². The molecule has 0 saturated heterocycles. The molecule has 2 aromatic carbocycles. The summed E-state index contributed by atoms with van der Waals surface area (Å²) in [5, 5.41) is 1.30. The summed E-state index contributed by atoms with van der Waals surface area (Å²) >= 11 is 17.9. The van der Waals surface area contributed by atoms with Gasteiger partial charge in [0, 0.05) is 16.1 Å². The molecule has 0 aliphatic rings. The van der Waals surface area contributed by atoms with Crippen LogP contribution in [0.25, 0.3) is 0 Å². The number of benzene rings is 2. The lowest BCUT2D eigenvalue weighted by Gasteiger charge is -2.14. The summed E-state index contributed by atoms with van der Waals surface area (Å²) in [5.74, 6) is -0.430. The number of halogens is 4. The Labute approximate surface area is 132 Å². The lowest BCUT2D eigenvalue weighted by molar-refractivity contribution is 0.618. The molecule has 0 aliphatic heterocycles. The fourth-order valence-electron chi connectivity index (χ4n) is 2.03. The van der Waals surface area contributed by atoms with E-state index >= 15 is 0 Å². The fourth-order valence-corrected chi connectivity index (χ4v) is 2.72. The third-order valence-electron chi connectivity index (χ3n) is 3.01. The monoisotopic (exact) mass is 331 g/mol. The maximum atomic E-state index is 13.4. The molecule has 2 rings (SSSR count). The van der Waals surface area contributed by atoms with Gasteiger partial charge in [0.15, 0.2) is 0 Å². The van der Waals surface area contributed by atoms with E-state index in [4.69, 9.17) is 40.5 Å². The van der Waals surface area contributed by atoms with Crippen LogP contribution in [0.5, 0.6) is 0 Å². The summed E-state index contributed by atoms with van der Waals surface area (Å²) in [4.78, 5) is 0. The first kappa shape index (κ1) is 15.6. The normalized spacial score (nSPS) is 12.4. The van der Waals surface area contributed by atoms with E-state index in [2.05, 4.69) is 0 Å². The molecule has 20 heavy (non-hydrogen) atoms. The number of rotatable bonds is 4. The largest absolute Gasteiger partial charge is 0.327 e. The third kappa shape index (κ3) is 3.86. The second kappa shape index (κ2) is 6.77. The topological polar surface area (TPSA) is 26.0 Å². The number of hydrogen-bond donors (Lipinski definition) is 1. The number of nitrogens with two attached hydrogens (primary N) is 1. The molecule has 1 nitrogen and oxygen atoms in total. The summed E-state index contributed by atoms with van der Waals surface area (Å²) in [6.07, 6.45) is 1.05. The molecule has 0 aromatic heterocycles. The molecule has 1 atom stereocenters. The van der Waals surface area contributed by atoms with Crippen molar-refractivity contribution < 1.29 is 4.39 Å². The van der Waals surface area contributed by atoms with Crippen LogP contribution in [0.15, 0.2) is 36.4 Å². The van der Waals surface area contributed by atoms with Crippen molar-refractivity contribution in [2.45, 2.75) is 18.9 Å². The van der Waals surface area contributed by atoms with Crippen LogP contribution in [-0.4, -0.2) is 6.04 Å². The molecular weight excluding hydrogens is 320 g/mol. The molecule has 5 heteroatoms. The SMILES string of the molecule is NC(Cc1ccc(Cl)cc1Cl)Cc1cccc(F)c1Cl. The van der Waals surface area contributed by atoms with Crippen LogP contribution in [0, 0.1) is 5.82 Å². The summed E-state index contributed by atoms with van der Waals surface area (Å²) in [6.45, 7) is 0. The van der Waals surface area contributed by atoms with Crippen molar-refractivity contribution in [1.82, 2.24) is 0 Å². The van der Waals surface area contributed by atoms with Gasteiger partial charge in [-0.2, -0.15) is 0 Å². The van der Waals surface area contributed by atoms with E-state index in [1.165, 1.54) is 6.07 Å². The smallest absolute Gasteiger partial charge is 0.142 e. The Morgan fingerprint density at radius 3 is 2.40 bits per heavy atom. The van der Waals surface area contributed by atoms with Crippen LogP contribution in [0.3, 0.4) is 0 Å². The highest BCUT2D eigenvalue weighted by atomic mass is 35.5. The molecule has 0 aliphatic carbocycles. The van der Waals surface area contributed by atoms with Crippen LogP contribution in [0.4, 0.5) is 4.39 Å². The first-order valence-corrected chi connectivity index (χ1v) is 7.23. The molecule has 0 heterocycles. The Bertz CT molecular complexity index is 616. The quantitative estimate of drug-likeness (QED) is 0.847. The van der Waals surface area contributed by atoms with E-state index in [-0.39, 0.29) is 11.1 Å². The van der Waals surface area contributed by atoms with Gasteiger partial charge in [-0.3, -0.25) is 0 Å². The molecule has 0 radical (unpaired) electrons. The zero-order valence-corrected chi connectivity index (χ0v) is 12.8. The van der Waals surface area contributed by atoms with Crippen LogP contribution < -0.4 is 5.73 Å². The van der Waals surface area contributed by atoms with Gasteiger partial charge < -0.3 is 5.73 Å². The van der Waals surface area contributed by atoms with Gasteiger partial charge in [-0.05, 0) is 42.2 Å². The predicted molar refractivity (Wildman–Crippen MR) is 83.3 cm³/mol. The van der Waals surface area contributed by atoms with Gasteiger partial charge in [0.25, 0.3) is 0 Å². The summed E-state index contributed by atoms with van der Waals surface area (Å²) in [6, 6.07) is 9.82. The highest BCUT2D eigenvalue weighted by Gasteiger charge is 2.12. The second-order valence-electron chi connectivity index (χ2n) is 4.62. The molecule has 0 saturated carbocycles. The molecular formula is C15H13Cl3FN. The Hall–Kier alpha value is -0.800. The van der Waals surface area contributed by atoms with Crippen molar-refractivity contribution in [3.63, 3.8) is 0 Å². The van der Waals surface area contributed by atoms with Crippen LogP contribution in [-0.2, 0) is 12.8 Å². The highest BCUT2D eigenvalue weighted by molar-refractivity contribution is 6.35. The van der Waals surface area contributed by atoms with Crippen molar-refractivity contribution in [1.29, 1.82) is 0 Å². The predicted octanol–water partition coefficient (Wildman–Crippen LogP) is 4.90. The molecule has 1 unspecified atom stereocenters. The van der Waals surface area contributed by atoms with Crippen molar-refractivity contribution in [2.75, 3.05) is 0 Å². The molecule has 0 bridgehead atoms. The van der Waals surface area contributed by atoms with Crippen molar-refractivity contribution >= 4 is 34.8 Å². The average Bonchev–Trinajstić information content (AvgIpc) is 2.38. The van der Waals surface area contributed by atoms with Crippen LogP contribution in [0.2, 0.25) is 15.1 Å². The van der Waals surface area contributed by atoms with Crippen molar-refractivity contribution in [2.24, 2.45) is 5.73 Å². The average molecular weight is 333 g/mol. The van der Waals surface area contributed by atoms with Crippen LogP contribution in [0.1, 0.15) is 11.1 Å². The molecule has 0 fully saturated rings. The first-order valence-electron chi connectivity index (χ1n) is 6.09. The van der Waals surface area contributed by atoms with Gasteiger partial charge in [-0.15, -0.1) is 0 Å². The summed E-state index contributed by atoms with van der Waals surface area (Å²) in [7, 11) is 0. The van der Waals surface area contributed by atoms with E-state index in [1.54, 1.807) is 24.3 Å².